The van der Waals surface area contributed by atoms with Crippen molar-refractivity contribution in [2.75, 3.05) is 20.4 Å². The van der Waals surface area contributed by atoms with Crippen LogP contribution in [0.2, 0.25) is 0 Å². The molecule has 3 heterocycles. The smallest absolute Gasteiger partial charge is 0.245 e. The van der Waals surface area contributed by atoms with E-state index in [2.05, 4.69) is 15.6 Å². The van der Waals surface area contributed by atoms with Crippen LogP contribution in [0.1, 0.15) is 12.5 Å². The second-order valence-corrected chi connectivity index (χ2v) is 5.09. The zero-order valence-corrected chi connectivity index (χ0v) is 11.9. The van der Waals surface area contributed by atoms with Crippen LogP contribution in [0.4, 0.5) is 0 Å². The molecule has 2 aromatic rings. The number of benzene rings is 1. The maximum atomic E-state index is 11.7. The first-order valence-corrected chi connectivity index (χ1v) is 6.94. The molecule has 114 valence electrons. The Bertz CT molecular complexity index is 742. The van der Waals surface area contributed by atoms with Crippen LogP contribution < -0.4 is 19.5 Å². The molecule has 2 aliphatic rings. The first-order valence-electron chi connectivity index (χ1n) is 6.94. The third-order valence-electron chi connectivity index (χ3n) is 3.82. The zero-order valence-electron chi connectivity index (χ0n) is 11.9. The molecule has 1 aromatic carbocycles. The molecular weight excluding hydrogens is 288 g/mol. The number of carbonyl (C=O) groups is 1. The van der Waals surface area contributed by atoms with Gasteiger partial charge in [-0.15, -0.1) is 5.10 Å². The van der Waals surface area contributed by atoms with Crippen LogP contribution >= 0.6 is 0 Å². The monoisotopic (exact) mass is 302 g/mol. The van der Waals surface area contributed by atoms with Gasteiger partial charge in [0, 0.05) is 18.2 Å². The molecule has 1 aromatic heterocycles. The average Bonchev–Trinajstić information content (AvgIpc) is 3.24. The van der Waals surface area contributed by atoms with Gasteiger partial charge in [0.25, 0.3) is 0 Å². The summed E-state index contributed by atoms with van der Waals surface area (Å²) in [5, 5.41) is 11.0. The molecule has 0 saturated carbocycles. The number of hydrogen-bond donors (Lipinski definition) is 1. The van der Waals surface area contributed by atoms with E-state index >= 15 is 0 Å². The molecule has 2 aliphatic heterocycles. The number of aromatic nitrogens is 3. The minimum atomic E-state index is -0.304. The van der Waals surface area contributed by atoms with Crippen molar-refractivity contribution in [3.8, 4) is 28.5 Å². The minimum Gasteiger partial charge on any atom is -0.496 e. The molecule has 0 bridgehead atoms. The fraction of sp³-hybridized carbons (Fsp3) is 0.357. The SMILES string of the molecule is COc1cc2c(cc1-c1cn([C@H]3CCNC3=O)nn1)OCO2. The van der Waals surface area contributed by atoms with Gasteiger partial charge in [-0.2, -0.15) is 0 Å². The lowest BCUT2D eigenvalue weighted by molar-refractivity contribution is -0.122. The molecule has 22 heavy (non-hydrogen) atoms. The van der Waals surface area contributed by atoms with Gasteiger partial charge in [-0.05, 0) is 12.5 Å². The van der Waals surface area contributed by atoms with E-state index in [4.69, 9.17) is 14.2 Å². The maximum absolute atomic E-state index is 11.7. The highest BCUT2D eigenvalue weighted by atomic mass is 16.7. The molecule has 1 amide bonds. The summed E-state index contributed by atoms with van der Waals surface area (Å²) in [5.41, 5.74) is 1.37. The summed E-state index contributed by atoms with van der Waals surface area (Å²) < 4.78 is 17.7. The predicted molar refractivity (Wildman–Crippen MR) is 74.8 cm³/mol. The van der Waals surface area contributed by atoms with Gasteiger partial charge < -0.3 is 19.5 Å². The van der Waals surface area contributed by atoms with E-state index in [1.807, 2.05) is 6.07 Å². The van der Waals surface area contributed by atoms with E-state index in [9.17, 15) is 4.79 Å². The lowest BCUT2D eigenvalue weighted by Crippen LogP contribution is -2.22. The number of ether oxygens (including phenoxy) is 3. The zero-order chi connectivity index (χ0) is 15.1. The normalized spacial score (nSPS) is 19.3. The first-order chi connectivity index (χ1) is 10.8. The van der Waals surface area contributed by atoms with Gasteiger partial charge in [-0.1, -0.05) is 5.21 Å². The van der Waals surface area contributed by atoms with Crippen molar-refractivity contribution in [1.29, 1.82) is 0 Å². The summed E-state index contributed by atoms with van der Waals surface area (Å²) >= 11 is 0. The second-order valence-electron chi connectivity index (χ2n) is 5.09. The highest BCUT2D eigenvalue weighted by Crippen LogP contribution is 2.41. The summed E-state index contributed by atoms with van der Waals surface area (Å²) in [4.78, 5) is 11.7. The highest BCUT2D eigenvalue weighted by molar-refractivity contribution is 5.82. The molecular formula is C14H14N4O4. The van der Waals surface area contributed by atoms with Crippen LogP contribution in [0.15, 0.2) is 18.3 Å². The predicted octanol–water partition coefficient (Wildman–Crippen LogP) is 0.743. The van der Waals surface area contributed by atoms with Crippen molar-refractivity contribution in [3.63, 3.8) is 0 Å². The Morgan fingerprint density at radius 1 is 1.36 bits per heavy atom. The van der Waals surface area contributed by atoms with Crippen molar-refractivity contribution in [1.82, 2.24) is 20.3 Å². The van der Waals surface area contributed by atoms with Gasteiger partial charge in [-0.3, -0.25) is 4.79 Å². The fourth-order valence-electron chi connectivity index (χ4n) is 2.68. The Kier molecular flexibility index (Phi) is 2.88. The number of fused-ring (bicyclic) bond motifs is 1. The Hall–Kier alpha value is -2.77. The van der Waals surface area contributed by atoms with Gasteiger partial charge in [-0.25, -0.2) is 4.68 Å². The van der Waals surface area contributed by atoms with Crippen molar-refractivity contribution < 1.29 is 19.0 Å². The van der Waals surface area contributed by atoms with Crippen LogP contribution in [0.25, 0.3) is 11.3 Å². The van der Waals surface area contributed by atoms with Gasteiger partial charge >= 0.3 is 0 Å². The number of hydrogen-bond acceptors (Lipinski definition) is 6. The molecule has 8 nitrogen and oxygen atoms in total. The summed E-state index contributed by atoms with van der Waals surface area (Å²) in [7, 11) is 1.58. The number of nitrogens with one attached hydrogen (secondary N) is 1. The third-order valence-corrected chi connectivity index (χ3v) is 3.82. The highest BCUT2D eigenvalue weighted by Gasteiger charge is 2.28. The number of rotatable bonds is 3. The van der Waals surface area contributed by atoms with Crippen LogP contribution in [0, 0.1) is 0 Å². The van der Waals surface area contributed by atoms with E-state index in [0.29, 0.717) is 35.9 Å². The Morgan fingerprint density at radius 3 is 2.91 bits per heavy atom. The number of amides is 1. The molecule has 1 atom stereocenters. The van der Waals surface area contributed by atoms with E-state index < -0.39 is 0 Å². The lowest BCUT2D eigenvalue weighted by Gasteiger charge is -2.07. The second kappa shape index (κ2) is 4.90. The quantitative estimate of drug-likeness (QED) is 0.900. The fourth-order valence-corrected chi connectivity index (χ4v) is 2.68. The van der Waals surface area contributed by atoms with Crippen molar-refractivity contribution >= 4 is 5.91 Å². The van der Waals surface area contributed by atoms with Crippen molar-refractivity contribution in [2.24, 2.45) is 0 Å². The van der Waals surface area contributed by atoms with Gasteiger partial charge in [0.15, 0.2) is 11.5 Å². The molecule has 4 rings (SSSR count). The summed E-state index contributed by atoms with van der Waals surface area (Å²) in [6.07, 6.45) is 2.45. The molecule has 1 N–H and O–H groups in total. The van der Waals surface area contributed by atoms with Gasteiger partial charge in [0.1, 0.15) is 17.5 Å². The molecule has 0 unspecified atom stereocenters. The summed E-state index contributed by atoms with van der Waals surface area (Å²) in [6.45, 7) is 0.850. The Balaban J connectivity index is 1.73. The molecule has 1 saturated heterocycles. The number of carbonyl (C=O) groups excluding carboxylic acids is 1. The van der Waals surface area contributed by atoms with E-state index in [1.165, 1.54) is 0 Å². The van der Waals surface area contributed by atoms with Crippen LogP contribution in [-0.4, -0.2) is 41.3 Å². The summed E-state index contributed by atoms with van der Waals surface area (Å²) in [6, 6.07) is 3.27. The Labute approximate surface area is 126 Å². The van der Waals surface area contributed by atoms with Crippen LogP contribution in [-0.2, 0) is 4.79 Å². The topological polar surface area (TPSA) is 87.5 Å². The maximum Gasteiger partial charge on any atom is 0.245 e. The molecule has 0 aliphatic carbocycles. The van der Waals surface area contributed by atoms with Crippen molar-refractivity contribution in [3.05, 3.63) is 18.3 Å². The average molecular weight is 302 g/mol. The molecule has 0 radical (unpaired) electrons. The summed E-state index contributed by atoms with van der Waals surface area (Å²) in [5.74, 6) is 1.87. The van der Waals surface area contributed by atoms with Gasteiger partial charge in [0.05, 0.1) is 13.3 Å². The van der Waals surface area contributed by atoms with Crippen LogP contribution in [0.3, 0.4) is 0 Å². The van der Waals surface area contributed by atoms with Crippen molar-refractivity contribution in [2.45, 2.75) is 12.5 Å². The standard InChI is InChI=1S/C14H14N4O4/c1-20-11-5-13-12(21-7-22-13)4-8(11)9-6-18(17-16-9)10-2-3-15-14(10)19/h4-6,10H,2-3,7H2,1H3,(H,15,19)/t10-/m0/s1. The largest absolute Gasteiger partial charge is 0.496 e. The third kappa shape index (κ3) is 1.95. The molecule has 8 heteroatoms. The van der Waals surface area contributed by atoms with E-state index in [0.717, 1.165) is 5.56 Å². The lowest BCUT2D eigenvalue weighted by atomic mass is 10.1. The van der Waals surface area contributed by atoms with Gasteiger partial charge in [0.2, 0.25) is 12.7 Å². The van der Waals surface area contributed by atoms with Crippen LogP contribution in [0.5, 0.6) is 17.2 Å². The number of nitrogens with zero attached hydrogens (tertiary/aromatic N) is 3. The molecule has 1 fully saturated rings. The molecule has 0 spiro atoms. The number of methoxy groups -OCH3 is 1. The first kappa shape index (κ1) is 12.9. The van der Waals surface area contributed by atoms with E-state index in [-0.39, 0.29) is 18.7 Å². The minimum absolute atomic E-state index is 0.0332. The Morgan fingerprint density at radius 2 is 2.18 bits per heavy atom. The van der Waals surface area contributed by atoms with E-state index in [1.54, 1.807) is 24.1 Å².